The zero-order valence-electron chi connectivity index (χ0n) is 11.8. The van der Waals surface area contributed by atoms with Gasteiger partial charge in [-0.3, -0.25) is 14.5 Å². The van der Waals surface area contributed by atoms with Crippen LogP contribution in [0.15, 0.2) is 47.1 Å². The van der Waals surface area contributed by atoms with Crippen molar-refractivity contribution < 1.29 is 14.7 Å². The smallest absolute Gasteiger partial charge is 0.277 e. The zero-order valence-corrected chi connectivity index (χ0v) is 13.4. The first-order valence-electron chi connectivity index (χ1n) is 6.71. The third-order valence-corrected chi connectivity index (χ3v) is 3.57. The minimum Gasteiger partial charge on any atom is -0.395 e. The van der Waals surface area contributed by atoms with Crippen LogP contribution in [-0.4, -0.2) is 49.7 Å². The Kier molecular flexibility index (Phi) is 4.22. The fourth-order valence-corrected chi connectivity index (χ4v) is 2.39. The number of imide groups is 1. The SMILES string of the molecule is O=C1C=C(Nc2ccc(-n3cnc(Br)n3)cc2)C(=O)N1CCO. The molecule has 3 rings (SSSR count). The highest BCUT2D eigenvalue weighted by atomic mass is 79.9. The topological polar surface area (TPSA) is 100 Å². The summed E-state index contributed by atoms with van der Waals surface area (Å²) >= 11 is 3.18. The third kappa shape index (κ3) is 3.15. The van der Waals surface area contributed by atoms with E-state index in [9.17, 15) is 9.59 Å². The van der Waals surface area contributed by atoms with Crippen molar-refractivity contribution in [2.75, 3.05) is 18.5 Å². The molecule has 2 aromatic rings. The molecule has 9 heteroatoms. The van der Waals surface area contributed by atoms with Gasteiger partial charge in [-0.15, -0.1) is 5.10 Å². The normalized spacial score (nSPS) is 14.3. The number of rotatable bonds is 5. The molecule has 8 nitrogen and oxygen atoms in total. The number of carbonyl (C=O) groups is 2. The monoisotopic (exact) mass is 377 g/mol. The molecule has 1 aromatic carbocycles. The Balaban J connectivity index is 1.73. The lowest BCUT2D eigenvalue weighted by Gasteiger charge is -2.13. The van der Waals surface area contributed by atoms with Crippen molar-refractivity contribution in [3.8, 4) is 5.69 Å². The Morgan fingerprint density at radius 3 is 2.57 bits per heavy atom. The van der Waals surface area contributed by atoms with E-state index in [4.69, 9.17) is 5.11 Å². The molecule has 0 saturated heterocycles. The van der Waals surface area contributed by atoms with Crippen molar-refractivity contribution in [1.82, 2.24) is 19.7 Å². The summed E-state index contributed by atoms with van der Waals surface area (Å²) < 4.78 is 2.09. The maximum absolute atomic E-state index is 12.0. The number of nitrogens with zero attached hydrogens (tertiary/aromatic N) is 4. The van der Waals surface area contributed by atoms with Gasteiger partial charge in [0.1, 0.15) is 12.0 Å². The number of hydrogen-bond donors (Lipinski definition) is 2. The second-order valence-electron chi connectivity index (χ2n) is 4.71. The van der Waals surface area contributed by atoms with Crippen molar-refractivity contribution >= 4 is 33.4 Å². The number of hydrogen-bond acceptors (Lipinski definition) is 6. The molecule has 0 bridgehead atoms. The van der Waals surface area contributed by atoms with Crippen LogP contribution in [0.3, 0.4) is 0 Å². The highest BCUT2D eigenvalue weighted by Crippen LogP contribution is 2.18. The predicted molar refractivity (Wildman–Crippen MR) is 84.6 cm³/mol. The summed E-state index contributed by atoms with van der Waals surface area (Å²) in [6.07, 6.45) is 2.79. The summed E-state index contributed by atoms with van der Waals surface area (Å²) in [5.74, 6) is -0.885. The molecular weight excluding hydrogens is 366 g/mol. The lowest BCUT2D eigenvalue weighted by molar-refractivity contribution is -0.137. The molecule has 1 aliphatic heterocycles. The number of nitrogens with one attached hydrogen (secondary N) is 1. The highest BCUT2D eigenvalue weighted by Gasteiger charge is 2.30. The number of carbonyl (C=O) groups excluding carboxylic acids is 2. The fourth-order valence-electron chi connectivity index (χ4n) is 2.13. The first-order chi connectivity index (χ1) is 11.1. The van der Waals surface area contributed by atoms with Crippen LogP contribution in [-0.2, 0) is 9.59 Å². The quantitative estimate of drug-likeness (QED) is 0.743. The van der Waals surface area contributed by atoms with Gasteiger partial charge in [0.05, 0.1) is 18.8 Å². The number of halogens is 1. The Labute approximate surface area is 139 Å². The van der Waals surface area contributed by atoms with Gasteiger partial charge >= 0.3 is 0 Å². The van der Waals surface area contributed by atoms with Gasteiger partial charge in [0.2, 0.25) is 4.73 Å². The van der Waals surface area contributed by atoms with E-state index in [1.54, 1.807) is 35.3 Å². The van der Waals surface area contributed by atoms with Crippen LogP contribution < -0.4 is 5.32 Å². The summed E-state index contributed by atoms with van der Waals surface area (Å²) in [7, 11) is 0. The van der Waals surface area contributed by atoms with Crippen molar-refractivity contribution in [3.05, 3.63) is 47.1 Å². The molecule has 0 fully saturated rings. The van der Waals surface area contributed by atoms with E-state index in [0.717, 1.165) is 10.6 Å². The molecule has 118 valence electrons. The van der Waals surface area contributed by atoms with Gasteiger partial charge in [0.15, 0.2) is 0 Å². The fraction of sp³-hybridized carbons (Fsp3) is 0.143. The van der Waals surface area contributed by atoms with E-state index in [2.05, 4.69) is 31.3 Å². The van der Waals surface area contributed by atoms with Gasteiger partial charge in [-0.2, -0.15) is 0 Å². The predicted octanol–water partition coefficient (Wildman–Crippen LogP) is 0.687. The van der Waals surface area contributed by atoms with E-state index in [1.807, 2.05) is 0 Å². The first-order valence-corrected chi connectivity index (χ1v) is 7.51. The molecule has 2 heterocycles. The second kappa shape index (κ2) is 6.31. The molecule has 1 aromatic heterocycles. The van der Waals surface area contributed by atoms with Crippen molar-refractivity contribution in [2.24, 2.45) is 0 Å². The van der Waals surface area contributed by atoms with Gasteiger partial charge in [0.25, 0.3) is 11.8 Å². The van der Waals surface area contributed by atoms with Crippen LogP contribution in [0.5, 0.6) is 0 Å². The minimum absolute atomic E-state index is 0.0144. The lowest BCUT2D eigenvalue weighted by Crippen LogP contribution is -2.34. The summed E-state index contributed by atoms with van der Waals surface area (Å²) in [5.41, 5.74) is 1.64. The minimum atomic E-state index is -0.451. The van der Waals surface area contributed by atoms with Crippen LogP contribution in [0.1, 0.15) is 0 Å². The molecule has 0 spiro atoms. The van der Waals surface area contributed by atoms with E-state index in [1.165, 1.54) is 6.08 Å². The first kappa shape index (κ1) is 15.4. The lowest BCUT2D eigenvalue weighted by atomic mass is 10.2. The summed E-state index contributed by atoms with van der Waals surface area (Å²) in [4.78, 5) is 28.7. The van der Waals surface area contributed by atoms with Gasteiger partial charge in [0, 0.05) is 11.8 Å². The van der Waals surface area contributed by atoms with Crippen LogP contribution >= 0.6 is 15.9 Å². The summed E-state index contributed by atoms with van der Waals surface area (Å²) in [5, 5.41) is 15.9. The highest BCUT2D eigenvalue weighted by molar-refractivity contribution is 9.10. The molecule has 0 saturated carbocycles. The molecule has 0 radical (unpaired) electrons. The third-order valence-electron chi connectivity index (χ3n) is 3.21. The van der Waals surface area contributed by atoms with Crippen molar-refractivity contribution in [1.29, 1.82) is 0 Å². The molecule has 2 N–H and O–H groups in total. The maximum Gasteiger partial charge on any atom is 0.277 e. The molecular formula is C14H12BrN5O3. The van der Waals surface area contributed by atoms with Gasteiger partial charge < -0.3 is 10.4 Å². The number of aromatic nitrogens is 3. The second-order valence-corrected chi connectivity index (χ2v) is 5.42. The van der Waals surface area contributed by atoms with Crippen LogP contribution in [0.4, 0.5) is 5.69 Å². The Morgan fingerprint density at radius 2 is 1.96 bits per heavy atom. The summed E-state index contributed by atoms with van der Waals surface area (Å²) in [6.45, 7) is -0.278. The van der Waals surface area contributed by atoms with Crippen LogP contribution in [0, 0.1) is 0 Å². The number of aliphatic hydroxyl groups is 1. The number of aliphatic hydroxyl groups excluding tert-OH is 1. The van der Waals surface area contributed by atoms with E-state index in [0.29, 0.717) is 10.4 Å². The summed E-state index contributed by atoms with van der Waals surface area (Å²) in [6, 6.07) is 7.13. The van der Waals surface area contributed by atoms with E-state index in [-0.39, 0.29) is 18.8 Å². The van der Waals surface area contributed by atoms with Gasteiger partial charge in [-0.25, -0.2) is 9.67 Å². The number of benzene rings is 1. The molecule has 0 aliphatic carbocycles. The average molecular weight is 378 g/mol. The molecule has 0 atom stereocenters. The standard InChI is InChI=1S/C14H12BrN5O3/c15-14-16-8-20(18-14)10-3-1-9(2-4-10)17-11-7-12(22)19(5-6-21)13(11)23/h1-4,7-8,17,21H,5-6H2. The van der Waals surface area contributed by atoms with Gasteiger partial charge in [-0.1, -0.05) is 0 Å². The molecule has 1 aliphatic rings. The zero-order chi connectivity index (χ0) is 16.4. The van der Waals surface area contributed by atoms with Crippen molar-refractivity contribution in [3.63, 3.8) is 0 Å². The van der Waals surface area contributed by atoms with Gasteiger partial charge in [-0.05, 0) is 40.2 Å². The van der Waals surface area contributed by atoms with Crippen molar-refractivity contribution in [2.45, 2.75) is 0 Å². The average Bonchev–Trinajstić information content (AvgIpc) is 3.08. The molecule has 0 unspecified atom stereocenters. The van der Waals surface area contributed by atoms with Crippen LogP contribution in [0.25, 0.3) is 5.69 Å². The Morgan fingerprint density at radius 1 is 1.22 bits per heavy atom. The van der Waals surface area contributed by atoms with E-state index >= 15 is 0 Å². The largest absolute Gasteiger partial charge is 0.395 e. The number of amides is 2. The number of β-amino-alcohol motifs (C(OH)–C–C–N with tert-alkyl or cyclic N) is 1. The molecule has 23 heavy (non-hydrogen) atoms. The Hall–Kier alpha value is -2.52. The van der Waals surface area contributed by atoms with Crippen LogP contribution in [0.2, 0.25) is 0 Å². The van der Waals surface area contributed by atoms with E-state index < -0.39 is 11.8 Å². The molecule has 2 amide bonds. The number of anilines is 1. The maximum atomic E-state index is 12.0. The Bertz CT molecular complexity index is 784.